The first-order valence-corrected chi connectivity index (χ1v) is 12.0. The molecule has 1 atom stereocenters. The van der Waals surface area contributed by atoms with Crippen molar-refractivity contribution in [2.45, 2.75) is 45.6 Å². The van der Waals surface area contributed by atoms with Gasteiger partial charge in [-0.2, -0.15) is 0 Å². The molecule has 182 valence electrons. The lowest BCUT2D eigenvalue weighted by molar-refractivity contribution is -0.147. The lowest BCUT2D eigenvalue weighted by Gasteiger charge is -2.34. The van der Waals surface area contributed by atoms with Gasteiger partial charge in [-0.1, -0.05) is 56.3 Å². The van der Waals surface area contributed by atoms with Gasteiger partial charge in [-0.15, -0.1) is 0 Å². The van der Waals surface area contributed by atoms with E-state index in [9.17, 15) is 14.4 Å². The number of nitrogens with zero attached hydrogens (tertiary/aromatic N) is 1. The molecule has 2 aromatic rings. The molecule has 0 aromatic heterocycles. The summed E-state index contributed by atoms with van der Waals surface area (Å²) in [6.07, 6.45) is 2.18. The van der Waals surface area contributed by atoms with Gasteiger partial charge < -0.3 is 19.7 Å². The lowest BCUT2D eigenvalue weighted by atomic mass is 10.1. The molecule has 0 saturated carbocycles. The van der Waals surface area contributed by atoms with Crippen LogP contribution in [-0.2, 0) is 20.7 Å². The van der Waals surface area contributed by atoms with Crippen LogP contribution in [0.5, 0.6) is 5.75 Å². The van der Waals surface area contributed by atoms with Gasteiger partial charge in [-0.3, -0.25) is 14.4 Å². The van der Waals surface area contributed by atoms with Crippen LogP contribution in [0.15, 0.2) is 54.6 Å². The Hall–Kier alpha value is -3.35. The van der Waals surface area contributed by atoms with E-state index in [-0.39, 0.29) is 24.8 Å². The van der Waals surface area contributed by atoms with Gasteiger partial charge in [-0.05, 0) is 42.9 Å². The number of hydrogen-bond acceptors (Lipinski definition) is 5. The summed E-state index contributed by atoms with van der Waals surface area (Å²) in [4.78, 5) is 39.9. The van der Waals surface area contributed by atoms with Gasteiger partial charge >= 0.3 is 5.97 Å². The fourth-order valence-corrected chi connectivity index (χ4v) is 3.81. The summed E-state index contributed by atoms with van der Waals surface area (Å²) in [5.74, 6) is -0.191. The van der Waals surface area contributed by atoms with Gasteiger partial charge in [-0.25, -0.2) is 0 Å². The highest BCUT2D eigenvalue weighted by Crippen LogP contribution is 2.23. The van der Waals surface area contributed by atoms with Crippen LogP contribution >= 0.6 is 0 Å². The van der Waals surface area contributed by atoms with Gasteiger partial charge in [0.25, 0.3) is 5.91 Å². The maximum atomic E-state index is 13.4. The maximum absolute atomic E-state index is 13.4. The fourth-order valence-electron chi connectivity index (χ4n) is 3.81. The Morgan fingerprint density at radius 2 is 1.79 bits per heavy atom. The summed E-state index contributed by atoms with van der Waals surface area (Å²) in [5, 5.41) is 2.75. The molecule has 1 aliphatic heterocycles. The standard InChI is InChI=1S/C27H34N2O5/c1-20(2)14-18-33-24-13-7-6-12-22(24)27(32)29-16-15-28-26(31)23(29)19-25(30)34-17-8-11-21-9-4-3-5-10-21/h3-7,9-10,12-13,20,23H,8,11,14-19H2,1-2H3,(H,28,31). The van der Waals surface area contributed by atoms with E-state index in [1.165, 1.54) is 10.5 Å². The SMILES string of the molecule is CC(C)CCOc1ccccc1C(=O)N1CCNC(=O)C1CC(=O)OCCCc1ccccc1. The number of esters is 1. The fraction of sp³-hybridized carbons (Fsp3) is 0.444. The Bertz CT molecular complexity index is 961. The predicted molar refractivity (Wildman–Crippen MR) is 130 cm³/mol. The zero-order valence-electron chi connectivity index (χ0n) is 20.0. The first-order chi connectivity index (χ1) is 16.5. The van der Waals surface area contributed by atoms with Gasteiger partial charge in [0.05, 0.1) is 25.2 Å². The Morgan fingerprint density at radius 3 is 2.56 bits per heavy atom. The topological polar surface area (TPSA) is 84.9 Å². The average molecular weight is 467 g/mol. The molecule has 0 bridgehead atoms. The van der Waals surface area contributed by atoms with Crippen LogP contribution in [0.2, 0.25) is 0 Å². The van der Waals surface area contributed by atoms with E-state index in [1.54, 1.807) is 18.2 Å². The van der Waals surface area contributed by atoms with Crippen molar-refractivity contribution in [1.29, 1.82) is 0 Å². The van der Waals surface area contributed by atoms with Gasteiger partial charge in [0, 0.05) is 13.1 Å². The van der Waals surface area contributed by atoms with Crippen LogP contribution < -0.4 is 10.1 Å². The average Bonchev–Trinajstić information content (AvgIpc) is 2.83. The van der Waals surface area contributed by atoms with E-state index < -0.39 is 12.0 Å². The van der Waals surface area contributed by atoms with Crippen molar-refractivity contribution in [2.75, 3.05) is 26.3 Å². The molecule has 7 nitrogen and oxygen atoms in total. The number of hydrogen-bond donors (Lipinski definition) is 1. The molecular formula is C27H34N2O5. The molecule has 1 saturated heterocycles. The summed E-state index contributed by atoms with van der Waals surface area (Å²) in [6, 6.07) is 16.1. The van der Waals surface area contributed by atoms with E-state index in [1.807, 2.05) is 36.4 Å². The zero-order chi connectivity index (χ0) is 24.3. The van der Waals surface area contributed by atoms with E-state index in [0.29, 0.717) is 43.3 Å². The molecule has 34 heavy (non-hydrogen) atoms. The third-order valence-corrected chi connectivity index (χ3v) is 5.74. The van der Waals surface area contributed by atoms with E-state index in [0.717, 1.165) is 12.8 Å². The van der Waals surface area contributed by atoms with Crippen molar-refractivity contribution >= 4 is 17.8 Å². The van der Waals surface area contributed by atoms with Gasteiger partial charge in [0.15, 0.2) is 0 Å². The van der Waals surface area contributed by atoms with Crippen LogP contribution in [-0.4, -0.2) is 55.0 Å². The van der Waals surface area contributed by atoms with Crippen LogP contribution in [0.3, 0.4) is 0 Å². The highest BCUT2D eigenvalue weighted by atomic mass is 16.5. The Kier molecular flexibility index (Phi) is 9.50. The highest BCUT2D eigenvalue weighted by Gasteiger charge is 2.36. The largest absolute Gasteiger partial charge is 0.493 e. The van der Waals surface area contributed by atoms with Crippen LogP contribution in [0.25, 0.3) is 0 Å². The molecule has 1 fully saturated rings. The number of aryl methyl sites for hydroxylation is 1. The Balaban J connectivity index is 1.59. The van der Waals surface area contributed by atoms with E-state index in [4.69, 9.17) is 9.47 Å². The predicted octanol–water partition coefficient (Wildman–Crippen LogP) is 3.62. The molecule has 3 rings (SSSR count). The van der Waals surface area contributed by atoms with E-state index >= 15 is 0 Å². The third-order valence-electron chi connectivity index (χ3n) is 5.74. The summed E-state index contributed by atoms with van der Waals surface area (Å²) >= 11 is 0. The molecule has 1 aliphatic rings. The molecule has 1 unspecified atom stereocenters. The molecule has 2 aromatic carbocycles. The number of amides is 2. The zero-order valence-corrected chi connectivity index (χ0v) is 20.0. The normalized spacial score (nSPS) is 15.7. The minimum absolute atomic E-state index is 0.181. The first-order valence-electron chi connectivity index (χ1n) is 12.0. The minimum Gasteiger partial charge on any atom is -0.493 e. The van der Waals surface area contributed by atoms with E-state index in [2.05, 4.69) is 19.2 Å². The third kappa shape index (κ3) is 7.33. The number of carbonyl (C=O) groups excluding carboxylic acids is 3. The molecule has 0 aliphatic carbocycles. The second kappa shape index (κ2) is 12.8. The summed E-state index contributed by atoms with van der Waals surface area (Å²) in [5.41, 5.74) is 1.57. The lowest BCUT2D eigenvalue weighted by Crippen LogP contribution is -2.57. The molecule has 1 N–H and O–H groups in total. The highest BCUT2D eigenvalue weighted by molar-refractivity contribution is 6.01. The smallest absolute Gasteiger partial charge is 0.308 e. The number of piperazine rings is 1. The van der Waals surface area contributed by atoms with Crippen molar-refractivity contribution in [1.82, 2.24) is 10.2 Å². The molecule has 7 heteroatoms. The van der Waals surface area contributed by atoms with Crippen molar-refractivity contribution in [3.8, 4) is 5.75 Å². The number of carbonyl (C=O) groups is 3. The number of rotatable bonds is 11. The molecule has 0 radical (unpaired) electrons. The number of para-hydroxylation sites is 1. The van der Waals surface area contributed by atoms with Crippen LogP contribution in [0.4, 0.5) is 0 Å². The van der Waals surface area contributed by atoms with Crippen molar-refractivity contribution in [3.63, 3.8) is 0 Å². The number of benzene rings is 2. The first kappa shape index (κ1) is 25.3. The number of nitrogens with one attached hydrogen (secondary N) is 1. The summed E-state index contributed by atoms with van der Waals surface area (Å²) < 4.78 is 11.2. The Labute approximate surface area is 201 Å². The van der Waals surface area contributed by atoms with Crippen LogP contribution in [0.1, 0.15) is 49.0 Å². The Morgan fingerprint density at radius 1 is 1.06 bits per heavy atom. The molecule has 1 heterocycles. The molecular weight excluding hydrogens is 432 g/mol. The van der Waals surface area contributed by atoms with Crippen molar-refractivity contribution < 1.29 is 23.9 Å². The van der Waals surface area contributed by atoms with Crippen LogP contribution in [0, 0.1) is 5.92 Å². The maximum Gasteiger partial charge on any atom is 0.308 e. The minimum atomic E-state index is -0.911. The second-order valence-electron chi connectivity index (χ2n) is 8.85. The van der Waals surface area contributed by atoms with Gasteiger partial charge in [0.2, 0.25) is 5.91 Å². The van der Waals surface area contributed by atoms with Gasteiger partial charge in [0.1, 0.15) is 11.8 Å². The second-order valence-corrected chi connectivity index (χ2v) is 8.85. The monoisotopic (exact) mass is 466 g/mol. The summed E-state index contributed by atoms with van der Waals surface area (Å²) in [6.45, 7) is 5.64. The molecule has 2 amide bonds. The number of ether oxygens (including phenoxy) is 2. The van der Waals surface area contributed by atoms with Crippen molar-refractivity contribution in [2.24, 2.45) is 5.92 Å². The quantitative estimate of drug-likeness (QED) is 0.404. The van der Waals surface area contributed by atoms with Crippen molar-refractivity contribution in [3.05, 3.63) is 65.7 Å². The molecule has 0 spiro atoms. The summed E-state index contributed by atoms with van der Waals surface area (Å²) in [7, 11) is 0.